The van der Waals surface area contributed by atoms with Gasteiger partial charge in [0.2, 0.25) is 0 Å². The van der Waals surface area contributed by atoms with E-state index >= 15 is 0 Å². The van der Waals surface area contributed by atoms with Crippen molar-refractivity contribution >= 4 is 29.2 Å². The number of carbonyl (C=O) groups excluding carboxylic acids is 2. The van der Waals surface area contributed by atoms with Gasteiger partial charge in [0, 0.05) is 16.7 Å². The fourth-order valence-corrected chi connectivity index (χ4v) is 1.96. The minimum atomic E-state index is -0.673. The SMILES string of the molecule is COc1ccc(NC(=O)NC(=O)c2ccc(Cl)cc2)c(OC)c1. The van der Waals surface area contributed by atoms with E-state index in [2.05, 4.69) is 10.6 Å². The van der Waals surface area contributed by atoms with E-state index < -0.39 is 11.9 Å². The highest BCUT2D eigenvalue weighted by atomic mass is 35.5. The lowest BCUT2D eigenvalue weighted by molar-refractivity contribution is 0.0967. The van der Waals surface area contributed by atoms with Gasteiger partial charge in [0.1, 0.15) is 11.5 Å². The topological polar surface area (TPSA) is 76.7 Å². The number of anilines is 1. The zero-order valence-corrected chi connectivity index (χ0v) is 13.3. The van der Waals surface area contributed by atoms with Crippen molar-refractivity contribution in [2.45, 2.75) is 0 Å². The first-order chi connectivity index (χ1) is 11.0. The Bertz CT molecular complexity index is 717. The number of methoxy groups -OCH3 is 2. The van der Waals surface area contributed by atoms with Crippen molar-refractivity contribution in [3.8, 4) is 11.5 Å². The van der Waals surface area contributed by atoms with Crippen LogP contribution in [0.5, 0.6) is 11.5 Å². The van der Waals surface area contributed by atoms with E-state index in [1.165, 1.54) is 26.4 Å². The molecule has 0 spiro atoms. The fourth-order valence-electron chi connectivity index (χ4n) is 1.83. The molecule has 0 aliphatic heterocycles. The number of benzene rings is 2. The number of rotatable bonds is 4. The van der Waals surface area contributed by atoms with Crippen LogP contribution in [0.4, 0.5) is 10.5 Å². The molecule has 0 aliphatic rings. The Kier molecular flexibility index (Phi) is 5.43. The first-order valence-electron chi connectivity index (χ1n) is 6.63. The van der Waals surface area contributed by atoms with Crippen LogP contribution >= 0.6 is 11.6 Å². The summed E-state index contributed by atoms with van der Waals surface area (Å²) in [6.07, 6.45) is 0. The first-order valence-corrected chi connectivity index (χ1v) is 7.01. The molecule has 2 N–H and O–H groups in total. The van der Waals surface area contributed by atoms with Crippen LogP contribution in [0.1, 0.15) is 10.4 Å². The second-order valence-electron chi connectivity index (χ2n) is 4.48. The lowest BCUT2D eigenvalue weighted by atomic mass is 10.2. The van der Waals surface area contributed by atoms with Gasteiger partial charge < -0.3 is 14.8 Å². The summed E-state index contributed by atoms with van der Waals surface area (Å²) < 4.78 is 10.2. The molecule has 0 aliphatic carbocycles. The molecule has 0 fully saturated rings. The van der Waals surface area contributed by atoms with Gasteiger partial charge in [0.25, 0.3) is 5.91 Å². The third-order valence-corrected chi connectivity index (χ3v) is 3.24. The summed E-state index contributed by atoms with van der Waals surface area (Å²) in [7, 11) is 3.00. The van der Waals surface area contributed by atoms with Gasteiger partial charge in [0.15, 0.2) is 0 Å². The van der Waals surface area contributed by atoms with Crippen LogP contribution in [0.25, 0.3) is 0 Å². The molecule has 0 saturated carbocycles. The molecule has 0 bridgehead atoms. The summed E-state index contributed by atoms with van der Waals surface area (Å²) in [5.41, 5.74) is 0.737. The van der Waals surface area contributed by atoms with Crippen LogP contribution in [-0.4, -0.2) is 26.2 Å². The Morgan fingerprint density at radius 3 is 2.30 bits per heavy atom. The lowest BCUT2D eigenvalue weighted by Gasteiger charge is -2.12. The Labute approximate surface area is 138 Å². The van der Waals surface area contributed by atoms with Gasteiger partial charge in [-0.05, 0) is 36.4 Å². The molecule has 0 atom stereocenters. The van der Waals surface area contributed by atoms with Crippen LogP contribution < -0.4 is 20.1 Å². The minimum Gasteiger partial charge on any atom is -0.497 e. The smallest absolute Gasteiger partial charge is 0.326 e. The van der Waals surface area contributed by atoms with Gasteiger partial charge in [-0.2, -0.15) is 0 Å². The molecule has 2 aromatic rings. The van der Waals surface area contributed by atoms with Gasteiger partial charge in [0.05, 0.1) is 19.9 Å². The zero-order chi connectivity index (χ0) is 16.8. The second kappa shape index (κ2) is 7.51. The Morgan fingerprint density at radius 2 is 1.70 bits per heavy atom. The average Bonchev–Trinajstić information content (AvgIpc) is 2.55. The van der Waals surface area contributed by atoms with Crippen molar-refractivity contribution in [2.75, 3.05) is 19.5 Å². The number of halogens is 1. The maximum Gasteiger partial charge on any atom is 0.326 e. The van der Waals surface area contributed by atoms with Gasteiger partial charge >= 0.3 is 6.03 Å². The highest BCUT2D eigenvalue weighted by Gasteiger charge is 2.13. The van der Waals surface area contributed by atoms with Crippen LogP contribution in [0.2, 0.25) is 5.02 Å². The predicted molar refractivity (Wildman–Crippen MR) is 87.5 cm³/mol. The van der Waals surface area contributed by atoms with Crippen LogP contribution in [0, 0.1) is 0 Å². The van der Waals surface area contributed by atoms with E-state index in [4.69, 9.17) is 21.1 Å². The summed E-state index contributed by atoms with van der Waals surface area (Å²) in [5.74, 6) is 0.468. The molecule has 0 saturated heterocycles. The van der Waals surface area contributed by atoms with E-state index in [1.54, 1.807) is 30.3 Å². The molecular formula is C16H15ClN2O4. The van der Waals surface area contributed by atoms with Crippen molar-refractivity contribution in [1.82, 2.24) is 5.32 Å². The van der Waals surface area contributed by atoms with Crippen LogP contribution in [-0.2, 0) is 0 Å². The summed E-state index contributed by atoms with van der Waals surface area (Å²) in [4.78, 5) is 23.9. The maximum absolute atomic E-state index is 11.9. The van der Waals surface area contributed by atoms with Crippen molar-refractivity contribution in [3.63, 3.8) is 0 Å². The molecule has 0 aromatic heterocycles. The molecule has 0 heterocycles. The normalized spacial score (nSPS) is 9.87. The Balaban J connectivity index is 2.04. The van der Waals surface area contributed by atoms with Gasteiger partial charge in [-0.15, -0.1) is 0 Å². The molecule has 3 amide bonds. The summed E-state index contributed by atoms with van der Waals surface area (Å²) in [6.45, 7) is 0. The number of imide groups is 1. The highest BCUT2D eigenvalue weighted by molar-refractivity contribution is 6.30. The third kappa shape index (κ3) is 4.37. The molecule has 2 aromatic carbocycles. The summed E-state index contributed by atoms with van der Waals surface area (Å²) in [5, 5.41) is 5.28. The Morgan fingerprint density at radius 1 is 1.00 bits per heavy atom. The number of carbonyl (C=O) groups is 2. The van der Waals surface area contributed by atoms with Gasteiger partial charge in [-0.25, -0.2) is 4.79 Å². The number of ether oxygens (including phenoxy) is 2. The minimum absolute atomic E-state index is 0.325. The van der Waals surface area contributed by atoms with Crippen molar-refractivity contribution < 1.29 is 19.1 Å². The molecule has 2 rings (SSSR count). The molecule has 0 radical (unpaired) electrons. The Hall–Kier alpha value is -2.73. The summed E-state index contributed by atoms with van der Waals surface area (Å²) >= 11 is 5.75. The number of hydrogen-bond donors (Lipinski definition) is 2. The van der Waals surface area contributed by atoms with E-state index in [1.807, 2.05) is 0 Å². The summed E-state index contributed by atoms with van der Waals surface area (Å²) in [6, 6.07) is 10.4. The number of amides is 3. The van der Waals surface area contributed by atoms with Crippen molar-refractivity contribution in [1.29, 1.82) is 0 Å². The van der Waals surface area contributed by atoms with E-state index in [-0.39, 0.29) is 0 Å². The molecule has 7 heteroatoms. The first kappa shape index (κ1) is 16.6. The molecule has 0 unspecified atom stereocenters. The average molecular weight is 335 g/mol. The largest absolute Gasteiger partial charge is 0.497 e. The van der Waals surface area contributed by atoms with Gasteiger partial charge in [-0.1, -0.05) is 11.6 Å². The van der Waals surface area contributed by atoms with Gasteiger partial charge in [-0.3, -0.25) is 10.1 Å². The standard InChI is InChI=1S/C16H15ClN2O4/c1-22-12-7-8-13(14(9-12)23-2)18-16(21)19-15(20)10-3-5-11(17)6-4-10/h3-9H,1-2H3,(H2,18,19,20,21). The molecule has 23 heavy (non-hydrogen) atoms. The van der Waals surface area contributed by atoms with Crippen molar-refractivity contribution in [2.24, 2.45) is 0 Å². The second-order valence-corrected chi connectivity index (χ2v) is 4.92. The van der Waals surface area contributed by atoms with Crippen LogP contribution in [0.3, 0.4) is 0 Å². The molecule has 120 valence electrons. The number of urea groups is 1. The van der Waals surface area contributed by atoms with Crippen molar-refractivity contribution in [3.05, 3.63) is 53.1 Å². The number of nitrogens with one attached hydrogen (secondary N) is 2. The predicted octanol–water partition coefficient (Wildman–Crippen LogP) is 3.32. The highest BCUT2D eigenvalue weighted by Crippen LogP contribution is 2.28. The maximum atomic E-state index is 11.9. The third-order valence-electron chi connectivity index (χ3n) is 2.99. The lowest BCUT2D eigenvalue weighted by Crippen LogP contribution is -2.34. The van der Waals surface area contributed by atoms with E-state index in [0.717, 1.165) is 0 Å². The van der Waals surface area contributed by atoms with E-state index in [9.17, 15) is 9.59 Å². The monoisotopic (exact) mass is 334 g/mol. The number of hydrogen-bond acceptors (Lipinski definition) is 4. The molecule has 6 nitrogen and oxygen atoms in total. The van der Waals surface area contributed by atoms with E-state index in [0.29, 0.717) is 27.8 Å². The quantitative estimate of drug-likeness (QED) is 0.899. The van der Waals surface area contributed by atoms with Crippen LogP contribution in [0.15, 0.2) is 42.5 Å². The zero-order valence-electron chi connectivity index (χ0n) is 12.6. The molecular weight excluding hydrogens is 320 g/mol. The fraction of sp³-hybridized carbons (Fsp3) is 0.125.